The fraction of sp³-hybridized carbons (Fsp3) is 0.294. The number of sulfone groups is 1. The van der Waals surface area contributed by atoms with Crippen LogP contribution < -0.4 is 0 Å². The zero-order chi connectivity index (χ0) is 15.9. The standard InChI is InChI=1S/C17H21ClO2S/c1-14(2)5-4-6-16(11-12-18)13-21(19,20)17-9-7-15(3)8-10-17/h5-12H,4,13H2,1-3H3/b12-11+,16-6+. The number of allylic oxidation sites excluding steroid dienone is 4. The Labute approximate surface area is 132 Å². The second kappa shape index (κ2) is 8.20. The van der Waals surface area contributed by atoms with Crippen LogP contribution in [0.25, 0.3) is 0 Å². The van der Waals surface area contributed by atoms with Gasteiger partial charge in [0.1, 0.15) is 0 Å². The lowest BCUT2D eigenvalue weighted by Crippen LogP contribution is -2.08. The van der Waals surface area contributed by atoms with Crippen LogP contribution in [0.4, 0.5) is 0 Å². The van der Waals surface area contributed by atoms with E-state index in [0.29, 0.717) is 16.9 Å². The van der Waals surface area contributed by atoms with Crippen molar-refractivity contribution < 1.29 is 8.42 Å². The molecule has 0 unspecified atom stereocenters. The third kappa shape index (κ3) is 6.32. The first-order valence-electron chi connectivity index (χ1n) is 6.74. The molecular formula is C17H21ClO2S. The van der Waals surface area contributed by atoms with Crippen molar-refractivity contribution in [2.75, 3.05) is 5.75 Å². The highest BCUT2D eigenvalue weighted by Gasteiger charge is 2.15. The topological polar surface area (TPSA) is 34.1 Å². The summed E-state index contributed by atoms with van der Waals surface area (Å²) in [5.74, 6) is -0.0458. The maximum absolute atomic E-state index is 12.4. The third-order valence-electron chi connectivity index (χ3n) is 2.92. The molecule has 0 aliphatic carbocycles. The quantitative estimate of drug-likeness (QED) is 0.556. The molecule has 21 heavy (non-hydrogen) atoms. The number of hydrogen-bond donors (Lipinski definition) is 0. The molecule has 2 nitrogen and oxygen atoms in total. The zero-order valence-corrected chi connectivity index (χ0v) is 14.2. The van der Waals surface area contributed by atoms with Crippen molar-refractivity contribution in [2.45, 2.75) is 32.1 Å². The van der Waals surface area contributed by atoms with Crippen LogP contribution in [0.2, 0.25) is 0 Å². The molecule has 0 saturated heterocycles. The molecule has 0 aromatic heterocycles. The van der Waals surface area contributed by atoms with Crippen molar-refractivity contribution in [1.82, 2.24) is 0 Å². The van der Waals surface area contributed by atoms with E-state index in [1.807, 2.05) is 32.9 Å². The van der Waals surface area contributed by atoms with Gasteiger partial charge in [-0.2, -0.15) is 0 Å². The van der Waals surface area contributed by atoms with Gasteiger partial charge in [-0.3, -0.25) is 0 Å². The summed E-state index contributed by atoms with van der Waals surface area (Å²) in [7, 11) is -3.35. The molecule has 1 rings (SSSR count). The Morgan fingerprint density at radius 2 is 1.76 bits per heavy atom. The highest BCUT2D eigenvalue weighted by atomic mass is 35.5. The van der Waals surface area contributed by atoms with E-state index in [1.54, 1.807) is 30.3 Å². The van der Waals surface area contributed by atoms with E-state index >= 15 is 0 Å². The minimum Gasteiger partial charge on any atom is -0.223 e. The third-order valence-corrected chi connectivity index (χ3v) is 4.75. The van der Waals surface area contributed by atoms with Crippen LogP contribution in [0.5, 0.6) is 0 Å². The minimum atomic E-state index is -3.35. The van der Waals surface area contributed by atoms with E-state index in [1.165, 1.54) is 11.1 Å². The summed E-state index contributed by atoms with van der Waals surface area (Å²) >= 11 is 5.60. The van der Waals surface area contributed by atoms with E-state index in [-0.39, 0.29) is 5.75 Å². The van der Waals surface area contributed by atoms with Crippen LogP contribution in [0.15, 0.2) is 64.1 Å². The van der Waals surface area contributed by atoms with Crippen LogP contribution in [-0.2, 0) is 9.84 Å². The van der Waals surface area contributed by atoms with Crippen molar-refractivity contribution in [1.29, 1.82) is 0 Å². The van der Waals surface area contributed by atoms with Gasteiger partial charge in [0.05, 0.1) is 10.6 Å². The fourth-order valence-corrected chi connectivity index (χ4v) is 3.28. The molecule has 0 fully saturated rings. The fourth-order valence-electron chi connectivity index (χ4n) is 1.75. The Morgan fingerprint density at radius 1 is 1.14 bits per heavy atom. The lowest BCUT2D eigenvalue weighted by Gasteiger charge is -2.06. The SMILES string of the molecule is CC(C)=CC/C=C(\C=C\Cl)CS(=O)(=O)c1ccc(C)cc1. The molecule has 0 bridgehead atoms. The highest BCUT2D eigenvalue weighted by Crippen LogP contribution is 2.16. The maximum Gasteiger partial charge on any atom is 0.182 e. The summed E-state index contributed by atoms with van der Waals surface area (Å²) in [5, 5.41) is 0. The highest BCUT2D eigenvalue weighted by molar-refractivity contribution is 7.91. The van der Waals surface area contributed by atoms with Gasteiger partial charge in [-0.05, 0) is 51.0 Å². The first-order valence-corrected chi connectivity index (χ1v) is 8.82. The monoisotopic (exact) mass is 324 g/mol. The first-order chi connectivity index (χ1) is 9.85. The summed E-state index contributed by atoms with van der Waals surface area (Å²) in [4.78, 5) is 0.337. The van der Waals surface area contributed by atoms with Gasteiger partial charge in [-0.1, -0.05) is 47.0 Å². The molecular weight excluding hydrogens is 304 g/mol. The van der Waals surface area contributed by atoms with E-state index in [9.17, 15) is 8.42 Å². The Balaban J connectivity index is 2.97. The van der Waals surface area contributed by atoms with Crippen LogP contribution in [0.1, 0.15) is 25.8 Å². The molecule has 0 amide bonds. The second-order valence-corrected chi connectivity index (χ2v) is 7.40. The average molecular weight is 325 g/mol. The molecule has 0 radical (unpaired) electrons. The van der Waals surface area contributed by atoms with Crippen LogP contribution >= 0.6 is 11.6 Å². The lowest BCUT2D eigenvalue weighted by molar-refractivity contribution is 0.598. The molecule has 0 saturated carbocycles. The summed E-state index contributed by atoms with van der Waals surface area (Å²) in [6, 6.07) is 6.89. The average Bonchev–Trinajstić information content (AvgIpc) is 2.38. The smallest absolute Gasteiger partial charge is 0.182 e. The van der Waals surface area contributed by atoms with E-state index in [0.717, 1.165) is 5.56 Å². The van der Waals surface area contributed by atoms with E-state index < -0.39 is 9.84 Å². The van der Waals surface area contributed by atoms with Crippen molar-refractivity contribution in [3.8, 4) is 0 Å². The lowest BCUT2D eigenvalue weighted by atomic mass is 10.2. The number of hydrogen-bond acceptors (Lipinski definition) is 2. The van der Waals surface area contributed by atoms with Gasteiger partial charge in [-0.15, -0.1) is 0 Å². The van der Waals surface area contributed by atoms with Gasteiger partial charge < -0.3 is 0 Å². The van der Waals surface area contributed by atoms with Crippen LogP contribution in [0, 0.1) is 6.92 Å². The van der Waals surface area contributed by atoms with Gasteiger partial charge in [-0.25, -0.2) is 8.42 Å². The number of aryl methyl sites for hydroxylation is 1. The molecule has 0 aliphatic rings. The molecule has 0 spiro atoms. The van der Waals surface area contributed by atoms with Gasteiger partial charge >= 0.3 is 0 Å². The predicted octanol–water partition coefficient (Wildman–Crippen LogP) is 4.80. The molecule has 4 heteroatoms. The second-order valence-electron chi connectivity index (χ2n) is 5.16. The van der Waals surface area contributed by atoms with Gasteiger partial charge in [0.25, 0.3) is 0 Å². The number of rotatable bonds is 6. The summed E-state index contributed by atoms with van der Waals surface area (Å²) in [6.07, 6.45) is 6.26. The van der Waals surface area contributed by atoms with Crippen molar-refractivity contribution in [3.63, 3.8) is 0 Å². The molecule has 0 atom stereocenters. The van der Waals surface area contributed by atoms with Crippen LogP contribution in [0.3, 0.4) is 0 Å². The Kier molecular flexibility index (Phi) is 6.93. The largest absolute Gasteiger partial charge is 0.223 e. The first kappa shape index (κ1) is 17.7. The molecule has 0 aliphatic heterocycles. The molecule has 1 aromatic rings. The van der Waals surface area contributed by atoms with Crippen LogP contribution in [-0.4, -0.2) is 14.2 Å². The minimum absolute atomic E-state index is 0.0458. The van der Waals surface area contributed by atoms with Crippen molar-refractivity contribution in [3.05, 3.63) is 64.7 Å². The maximum atomic E-state index is 12.4. The number of halogens is 1. The Hall–Kier alpha value is -1.32. The molecule has 0 N–H and O–H groups in total. The Bertz CT molecular complexity index is 647. The molecule has 0 heterocycles. The van der Waals surface area contributed by atoms with E-state index in [2.05, 4.69) is 0 Å². The summed E-state index contributed by atoms with van der Waals surface area (Å²) < 4.78 is 24.8. The Morgan fingerprint density at radius 3 is 2.29 bits per heavy atom. The predicted molar refractivity (Wildman–Crippen MR) is 90.4 cm³/mol. The van der Waals surface area contributed by atoms with Gasteiger partial charge in [0.15, 0.2) is 9.84 Å². The molecule has 114 valence electrons. The summed E-state index contributed by atoms with van der Waals surface area (Å²) in [6.45, 7) is 5.94. The van der Waals surface area contributed by atoms with E-state index in [4.69, 9.17) is 11.6 Å². The van der Waals surface area contributed by atoms with Gasteiger partial charge in [0, 0.05) is 5.54 Å². The molecule has 1 aromatic carbocycles. The zero-order valence-electron chi connectivity index (χ0n) is 12.6. The van der Waals surface area contributed by atoms with Crippen molar-refractivity contribution >= 4 is 21.4 Å². The van der Waals surface area contributed by atoms with Gasteiger partial charge in [0.2, 0.25) is 0 Å². The normalized spacial score (nSPS) is 12.7. The number of benzene rings is 1. The summed E-state index contributed by atoms with van der Waals surface area (Å²) in [5.41, 5.74) is 4.28. The van der Waals surface area contributed by atoms with Crippen molar-refractivity contribution in [2.24, 2.45) is 0 Å².